The van der Waals surface area contributed by atoms with Gasteiger partial charge in [-0.2, -0.15) is 0 Å². The van der Waals surface area contributed by atoms with Crippen molar-refractivity contribution in [2.24, 2.45) is 0 Å². The molecule has 2 heterocycles. The molecule has 3 rings (SSSR count). The minimum Gasteiger partial charge on any atom is -0.482 e. The predicted octanol–water partition coefficient (Wildman–Crippen LogP) is 1.35. The van der Waals surface area contributed by atoms with Crippen LogP contribution in [-0.2, 0) is 14.3 Å². The first-order valence-corrected chi connectivity index (χ1v) is 8.03. The van der Waals surface area contributed by atoms with E-state index in [4.69, 9.17) is 14.2 Å². The Morgan fingerprint density at radius 1 is 1.21 bits per heavy atom. The standard InChI is InChI=1S/C17H21NO6/c1-11-15(24-13-5-3-2-4-12(13)23-11)16(21)18-17(10-14(19)20)6-8-22-9-7-17/h2-5,11,15H,6-10H2,1H3,(H,18,21)(H,19,20). The topological polar surface area (TPSA) is 94.1 Å². The number of hydrogen-bond acceptors (Lipinski definition) is 5. The van der Waals surface area contributed by atoms with E-state index in [-0.39, 0.29) is 12.3 Å². The number of aliphatic carboxylic acids is 1. The van der Waals surface area contributed by atoms with Crippen molar-refractivity contribution in [3.05, 3.63) is 24.3 Å². The third-order valence-corrected chi connectivity index (χ3v) is 4.43. The van der Waals surface area contributed by atoms with Crippen LogP contribution >= 0.6 is 0 Å². The number of carbonyl (C=O) groups excluding carboxylic acids is 1. The normalized spacial score (nSPS) is 24.9. The molecule has 0 aromatic heterocycles. The highest BCUT2D eigenvalue weighted by molar-refractivity contribution is 5.84. The van der Waals surface area contributed by atoms with E-state index in [1.165, 1.54) is 0 Å². The molecular formula is C17H21NO6. The van der Waals surface area contributed by atoms with E-state index in [0.717, 1.165) is 0 Å². The third-order valence-electron chi connectivity index (χ3n) is 4.43. The fourth-order valence-corrected chi connectivity index (χ4v) is 3.14. The van der Waals surface area contributed by atoms with Gasteiger partial charge in [0, 0.05) is 13.2 Å². The Morgan fingerprint density at radius 3 is 2.46 bits per heavy atom. The van der Waals surface area contributed by atoms with Crippen LogP contribution in [0.3, 0.4) is 0 Å². The highest BCUT2D eigenvalue weighted by Gasteiger charge is 2.41. The van der Waals surface area contributed by atoms with Crippen molar-refractivity contribution in [3.8, 4) is 11.5 Å². The number of amides is 1. The first-order chi connectivity index (χ1) is 11.5. The minimum atomic E-state index is -0.948. The van der Waals surface area contributed by atoms with Crippen molar-refractivity contribution >= 4 is 11.9 Å². The van der Waals surface area contributed by atoms with Crippen LogP contribution in [0.4, 0.5) is 0 Å². The molecule has 1 aromatic carbocycles. The zero-order chi connectivity index (χ0) is 17.2. The average Bonchev–Trinajstić information content (AvgIpc) is 2.54. The van der Waals surface area contributed by atoms with Crippen molar-refractivity contribution in [1.29, 1.82) is 0 Å². The number of carbonyl (C=O) groups is 2. The van der Waals surface area contributed by atoms with Crippen LogP contribution in [-0.4, -0.2) is 47.9 Å². The van der Waals surface area contributed by atoms with E-state index in [1.54, 1.807) is 25.1 Å². The molecule has 2 atom stereocenters. The van der Waals surface area contributed by atoms with Crippen molar-refractivity contribution < 1.29 is 28.9 Å². The lowest BCUT2D eigenvalue weighted by molar-refractivity contribution is -0.142. The predicted molar refractivity (Wildman–Crippen MR) is 84.1 cm³/mol. The Kier molecular flexibility index (Phi) is 4.62. The summed E-state index contributed by atoms with van der Waals surface area (Å²) in [5.41, 5.74) is -0.804. The highest BCUT2D eigenvalue weighted by atomic mass is 16.6. The molecule has 1 aromatic rings. The summed E-state index contributed by atoms with van der Waals surface area (Å²) in [6.45, 7) is 2.61. The molecule has 1 fully saturated rings. The summed E-state index contributed by atoms with van der Waals surface area (Å²) in [6.07, 6.45) is -0.511. The second kappa shape index (κ2) is 6.68. The number of carboxylic acid groups (broad SMARTS) is 1. The summed E-state index contributed by atoms with van der Waals surface area (Å²) in [4.78, 5) is 23.9. The van der Waals surface area contributed by atoms with Gasteiger partial charge in [0.15, 0.2) is 11.5 Å². The Labute approximate surface area is 139 Å². The fraction of sp³-hybridized carbons (Fsp3) is 0.529. The van der Waals surface area contributed by atoms with E-state index in [2.05, 4.69) is 5.32 Å². The van der Waals surface area contributed by atoms with Crippen LogP contribution in [0.2, 0.25) is 0 Å². The van der Waals surface area contributed by atoms with E-state index in [0.29, 0.717) is 37.6 Å². The number of benzene rings is 1. The number of fused-ring (bicyclic) bond motifs is 1. The van der Waals surface area contributed by atoms with Crippen molar-refractivity contribution in [2.75, 3.05) is 13.2 Å². The van der Waals surface area contributed by atoms with Crippen LogP contribution in [0.15, 0.2) is 24.3 Å². The van der Waals surface area contributed by atoms with E-state index >= 15 is 0 Å². The van der Waals surface area contributed by atoms with Gasteiger partial charge >= 0.3 is 5.97 Å². The quantitative estimate of drug-likeness (QED) is 0.863. The van der Waals surface area contributed by atoms with Gasteiger partial charge in [-0.15, -0.1) is 0 Å². The van der Waals surface area contributed by atoms with Gasteiger partial charge < -0.3 is 24.6 Å². The van der Waals surface area contributed by atoms with Crippen LogP contribution in [0.5, 0.6) is 11.5 Å². The van der Waals surface area contributed by atoms with Gasteiger partial charge in [0.2, 0.25) is 6.10 Å². The van der Waals surface area contributed by atoms with Crippen LogP contribution in [0, 0.1) is 0 Å². The molecule has 7 nitrogen and oxygen atoms in total. The minimum absolute atomic E-state index is 0.138. The summed E-state index contributed by atoms with van der Waals surface area (Å²) < 4.78 is 16.8. The molecule has 130 valence electrons. The van der Waals surface area contributed by atoms with Gasteiger partial charge in [0.05, 0.1) is 12.0 Å². The summed E-state index contributed by atoms with van der Waals surface area (Å²) in [6, 6.07) is 7.16. The van der Waals surface area contributed by atoms with Gasteiger partial charge in [-0.05, 0) is 31.9 Å². The van der Waals surface area contributed by atoms with E-state index in [9.17, 15) is 14.7 Å². The lowest BCUT2D eigenvalue weighted by Gasteiger charge is -2.39. The molecule has 2 aliphatic heterocycles. The second-order valence-electron chi connectivity index (χ2n) is 6.26. The van der Waals surface area contributed by atoms with Crippen LogP contribution < -0.4 is 14.8 Å². The van der Waals surface area contributed by atoms with Gasteiger partial charge in [0.1, 0.15) is 6.10 Å². The summed E-state index contributed by atoms with van der Waals surface area (Å²) in [5.74, 6) is -0.202. The Morgan fingerprint density at radius 2 is 1.83 bits per heavy atom. The summed E-state index contributed by atoms with van der Waals surface area (Å²) >= 11 is 0. The zero-order valence-electron chi connectivity index (χ0n) is 13.5. The van der Waals surface area contributed by atoms with E-state index < -0.39 is 23.7 Å². The monoisotopic (exact) mass is 335 g/mol. The first kappa shape index (κ1) is 16.6. The van der Waals surface area contributed by atoms with Crippen LogP contribution in [0.1, 0.15) is 26.2 Å². The zero-order valence-corrected chi connectivity index (χ0v) is 13.5. The molecule has 2 unspecified atom stereocenters. The van der Waals surface area contributed by atoms with Gasteiger partial charge in [-0.25, -0.2) is 0 Å². The molecular weight excluding hydrogens is 314 g/mol. The number of rotatable bonds is 4. The Hall–Kier alpha value is -2.28. The molecule has 0 radical (unpaired) electrons. The van der Waals surface area contributed by atoms with Crippen LogP contribution in [0.25, 0.3) is 0 Å². The van der Waals surface area contributed by atoms with Gasteiger partial charge in [-0.3, -0.25) is 9.59 Å². The molecule has 1 saturated heterocycles. The Balaban J connectivity index is 1.74. The van der Waals surface area contributed by atoms with Crippen molar-refractivity contribution in [1.82, 2.24) is 5.32 Å². The average molecular weight is 335 g/mol. The number of para-hydroxylation sites is 2. The fourth-order valence-electron chi connectivity index (χ4n) is 3.14. The SMILES string of the molecule is CC1Oc2ccccc2OC1C(=O)NC1(CC(=O)O)CCOCC1. The molecule has 1 amide bonds. The van der Waals surface area contributed by atoms with Crippen molar-refractivity contribution in [3.63, 3.8) is 0 Å². The maximum absolute atomic E-state index is 12.7. The van der Waals surface area contributed by atoms with E-state index in [1.807, 2.05) is 6.07 Å². The molecule has 0 aliphatic carbocycles. The maximum Gasteiger partial charge on any atom is 0.305 e. The highest BCUT2D eigenvalue weighted by Crippen LogP contribution is 2.34. The second-order valence-corrected chi connectivity index (χ2v) is 6.26. The maximum atomic E-state index is 12.7. The summed E-state index contributed by atoms with van der Waals surface area (Å²) in [7, 11) is 0. The number of ether oxygens (including phenoxy) is 3. The molecule has 2 N–H and O–H groups in total. The van der Waals surface area contributed by atoms with Crippen molar-refractivity contribution in [2.45, 2.75) is 43.9 Å². The smallest absolute Gasteiger partial charge is 0.305 e. The molecule has 7 heteroatoms. The number of carboxylic acids is 1. The lowest BCUT2D eigenvalue weighted by Crippen LogP contribution is -2.59. The molecule has 0 spiro atoms. The van der Waals surface area contributed by atoms with Gasteiger partial charge in [0.25, 0.3) is 5.91 Å². The molecule has 2 aliphatic rings. The Bertz CT molecular complexity index is 625. The molecule has 0 saturated carbocycles. The summed E-state index contributed by atoms with van der Waals surface area (Å²) in [5, 5.41) is 12.1. The third kappa shape index (κ3) is 3.46. The largest absolute Gasteiger partial charge is 0.482 e. The number of nitrogens with one attached hydrogen (secondary N) is 1. The van der Waals surface area contributed by atoms with Gasteiger partial charge in [-0.1, -0.05) is 12.1 Å². The molecule has 24 heavy (non-hydrogen) atoms. The lowest BCUT2D eigenvalue weighted by atomic mass is 9.86. The first-order valence-electron chi connectivity index (χ1n) is 8.03. The number of hydrogen-bond donors (Lipinski definition) is 2. The molecule has 0 bridgehead atoms.